The molecule has 0 aromatic heterocycles. The Kier molecular flexibility index (Phi) is 4.95. The van der Waals surface area contributed by atoms with E-state index in [9.17, 15) is 4.79 Å². The first-order valence-corrected chi connectivity index (χ1v) is 6.32. The van der Waals surface area contributed by atoms with Crippen LogP contribution in [0.2, 0.25) is 0 Å². The number of rotatable bonds is 5. The van der Waals surface area contributed by atoms with Crippen LogP contribution in [0.15, 0.2) is 60.7 Å². The van der Waals surface area contributed by atoms with Crippen molar-refractivity contribution in [1.29, 1.82) is 0 Å². The van der Waals surface area contributed by atoms with Crippen molar-refractivity contribution in [2.45, 2.75) is 0 Å². The van der Waals surface area contributed by atoms with Gasteiger partial charge in [0, 0.05) is 0 Å². The summed E-state index contributed by atoms with van der Waals surface area (Å²) in [5.74, 6) is 0.371. The van der Waals surface area contributed by atoms with Gasteiger partial charge in [0.15, 0.2) is 0 Å². The fourth-order valence-electron chi connectivity index (χ4n) is 1.70. The minimum atomic E-state index is -0.347. The summed E-state index contributed by atoms with van der Waals surface area (Å²) < 4.78 is 10.2. The molecule has 0 aliphatic rings. The van der Waals surface area contributed by atoms with Gasteiger partial charge in [-0.2, -0.15) is 0 Å². The van der Waals surface area contributed by atoms with Gasteiger partial charge in [0.25, 0.3) is 0 Å². The third kappa shape index (κ3) is 3.99. The Balaban J connectivity index is 1.85. The van der Waals surface area contributed by atoms with Crippen molar-refractivity contribution < 1.29 is 14.3 Å². The van der Waals surface area contributed by atoms with Crippen LogP contribution < -0.4 is 4.74 Å². The van der Waals surface area contributed by atoms with E-state index in [1.807, 2.05) is 42.5 Å². The molecule has 0 unspecified atom stereocenters. The number of carbonyl (C=O) groups excluding carboxylic acids is 1. The molecule has 0 aliphatic carbocycles. The molecule has 0 amide bonds. The third-order valence-corrected chi connectivity index (χ3v) is 2.73. The predicted molar refractivity (Wildman–Crippen MR) is 78.8 cm³/mol. The summed E-state index contributed by atoms with van der Waals surface area (Å²) in [4.78, 5) is 11.3. The van der Waals surface area contributed by atoms with E-state index in [0.29, 0.717) is 12.2 Å². The molecule has 0 aliphatic heterocycles. The first-order chi connectivity index (χ1) is 9.79. The summed E-state index contributed by atoms with van der Waals surface area (Å²) in [7, 11) is 1.36. The second-order valence-electron chi connectivity index (χ2n) is 4.14. The zero-order valence-corrected chi connectivity index (χ0v) is 11.3. The van der Waals surface area contributed by atoms with Crippen molar-refractivity contribution in [3.8, 4) is 5.75 Å². The SMILES string of the molecule is COC(=O)c1ccc(OC/C=C/c2ccccc2)cc1. The summed E-state index contributed by atoms with van der Waals surface area (Å²) in [5, 5.41) is 0. The van der Waals surface area contributed by atoms with Crippen LogP contribution >= 0.6 is 0 Å². The van der Waals surface area contributed by atoms with Crippen molar-refractivity contribution >= 4 is 12.0 Å². The smallest absolute Gasteiger partial charge is 0.337 e. The van der Waals surface area contributed by atoms with Crippen molar-refractivity contribution in [3.05, 3.63) is 71.8 Å². The number of benzene rings is 2. The van der Waals surface area contributed by atoms with Crippen molar-refractivity contribution in [2.24, 2.45) is 0 Å². The molecule has 0 radical (unpaired) electrons. The van der Waals surface area contributed by atoms with Gasteiger partial charge in [-0.3, -0.25) is 0 Å². The molecular weight excluding hydrogens is 252 g/mol. The van der Waals surface area contributed by atoms with Gasteiger partial charge in [0.2, 0.25) is 0 Å². The summed E-state index contributed by atoms with van der Waals surface area (Å²) in [5.41, 5.74) is 1.65. The van der Waals surface area contributed by atoms with Crippen LogP contribution in [0, 0.1) is 0 Å². The zero-order valence-electron chi connectivity index (χ0n) is 11.3. The van der Waals surface area contributed by atoms with Crippen LogP contribution in [-0.2, 0) is 4.74 Å². The summed E-state index contributed by atoms with van der Waals surface area (Å²) >= 11 is 0. The van der Waals surface area contributed by atoms with Gasteiger partial charge in [-0.05, 0) is 35.9 Å². The highest BCUT2D eigenvalue weighted by Crippen LogP contribution is 2.13. The molecule has 3 heteroatoms. The second kappa shape index (κ2) is 7.14. The van der Waals surface area contributed by atoms with Crippen LogP contribution in [-0.4, -0.2) is 19.7 Å². The highest BCUT2D eigenvalue weighted by atomic mass is 16.5. The molecule has 0 saturated carbocycles. The summed E-state index contributed by atoms with van der Waals surface area (Å²) in [6.07, 6.45) is 3.95. The van der Waals surface area contributed by atoms with E-state index in [-0.39, 0.29) is 5.97 Å². The molecule has 2 aromatic carbocycles. The first kappa shape index (κ1) is 13.9. The quantitative estimate of drug-likeness (QED) is 0.778. The number of methoxy groups -OCH3 is 1. The molecule has 0 bridgehead atoms. The number of carbonyl (C=O) groups is 1. The van der Waals surface area contributed by atoms with Gasteiger partial charge in [-0.15, -0.1) is 0 Å². The highest BCUT2D eigenvalue weighted by molar-refractivity contribution is 5.89. The molecule has 2 aromatic rings. The normalized spacial score (nSPS) is 10.4. The molecule has 0 atom stereocenters. The average Bonchev–Trinajstić information content (AvgIpc) is 2.52. The van der Waals surface area contributed by atoms with Gasteiger partial charge in [0.1, 0.15) is 12.4 Å². The summed E-state index contributed by atoms with van der Waals surface area (Å²) in [6, 6.07) is 16.9. The molecular formula is C17H16O3. The lowest BCUT2D eigenvalue weighted by atomic mass is 10.2. The maximum absolute atomic E-state index is 11.3. The fourth-order valence-corrected chi connectivity index (χ4v) is 1.70. The lowest BCUT2D eigenvalue weighted by Crippen LogP contribution is -2.01. The molecule has 0 heterocycles. The lowest BCUT2D eigenvalue weighted by Gasteiger charge is -2.04. The second-order valence-corrected chi connectivity index (χ2v) is 4.14. The standard InChI is InChI=1S/C17H16O3/c1-19-17(18)15-9-11-16(12-10-15)20-13-5-8-14-6-3-2-4-7-14/h2-12H,13H2,1H3/b8-5+. The Morgan fingerprint density at radius 3 is 2.40 bits per heavy atom. The maximum atomic E-state index is 11.3. The van der Waals surface area contributed by atoms with Gasteiger partial charge in [-0.1, -0.05) is 36.4 Å². The average molecular weight is 268 g/mol. The number of hydrogen-bond donors (Lipinski definition) is 0. The Bertz CT molecular complexity index is 571. The van der Waals surface area contributed by atoms with Crippen LogP contribution in [0.25, 0.3) is 6.08 Å². The number of ether oxygens (including phenoxy) is 2. The van der Waals surface area contributed by atoms with Gasteiger partial charge >= 0.3 is 5.97 Å². The molecule has 0 saturated heterocycles. The predicted octanol–water partition coefficient (Wildman–Crippen LogP) is 3.57. The van der Waals surface area contributed by atoms with Crippen LogP contribution in [0.3, 0.4) is 0 Å². The van der Waals surface area contributed by atoms with E-state index in [4.69, 9.17) is 4.74 Å². The van der Waals surface area contributed by atoms with Gasteiger partial charge in [0.05, 0.1) is 12.7 Å². The zero-order chi connectivity index (χ0) is 14.2. The molecule has 0 fully saturated rings. The Hall–Kier alpha value is -2.55. The monoisotopic (exact) mass is 268 g/mol. The molecule has 2 rings (SSSR count). The van der Waals surface area contributed by atoms with E-state index in [2.05, 4.69) is 4.74 Å². The van der Waals surface area contributed by atoms with Crippen LogP contribution in [0.1, 0.15) is 15.9 Å². The Morgan fingerprint density at radius 2 is 1.75 bits per heavy atom. The van der Waals surface area contributed by atoms with E-state index >= 15 is 0 Å². The van der Waals surface area contributed by atoms with E-state index in [1.54, 1.807) is 24.3 Å². The van der Waals surface area contributed by atoms with Crippen molar-refractivity contribution in [3.63, 3.8) is 0 Å². The largest absolute Gasteiger partial charge is 0.490 e. The summed E-state index contributed by atoms with van der Waals surface area (Å²) in [6.45, 7) is 0.479. The highest BCUT2D eigenvalue weighted by Gasteiger charge is 2.03. The lowest BCUT2D eigenvalue weighted by molar-refractivity contribution is 0.0600. The van der Waals surface area contributed by atoms with Gasteiger partial charge in [-0.25, -0.2) is 4.79 Å². The molecule has 0 spiro atoms. The van der Waals surface area contributed by atoms with Gasteiger partial charge < -0.3 is 9.47 Å². The maximum Gasteiger partial charge on any atom is 0.337 e. The molecule has 20 heavy (non-hydrogen) atoms. The first-order valence-electron chi connectivity index (χ1n) is 6.32. The van der Waals surface area contributed by atoms with E-state index in [0.717, 1.165) is 11.3 Å². The minimum Gasteiger partial charge on any atom is -0.490 e. The van der Waals surface area contributed by atoms with E-state index < -0.39 is 0 Å². The van der Waals surface area contributed by atoms with Crippen LogP contribution in [0.5, 0.6) is 5.75 Å². The molecule has 102 valence electrons. The Labute approximate surface area is 118 Å². The third-order valence-electron chi connectivity index (χ3n) is 2.73. The minimum absolute atomic E-state index is 0.347. The topological polar surface area (TPSA) is 35.5 Å². The number of hydrogen-bond acceptors (Lipinski definition) is 3. The molecule has 0 N–H and O–H groups in total. The Morgan fingerprint density at radius 1 is 1.05 bits per heavy atom. The number of esters is 1. The molecule has 3 nitrogen and oxygen atoms in total. The van der Waals surface area contributed by atoms with E-state index in [1.165, 1.54) is 7.11 Å². The van der Waals surface area contributed by atoms with Crippen molar-refractivity contribution in [1.82, 2.24) is 0 Å². The van der Waals surface area contributed by atoms with Crippen molar-refractivity contribution in [2.75, 3.05) is 13.7 Å². The fraction of sp³-hybridized carbons (Fsp3) is 0.118. The van der Waals surface area contributed by atoms with Crippen LogP contribution in [0.4, 0.5) is 0 Å².